The minimum Gasteiger partial charge on any atom is -0.494 e. The van der Waals surface area contributed by atoms with Gasteiger partial charge in [-0.25, -0.2) is 13.4 Å². The van der Waals surface area contributed by atoms with Crippen molar-refractivity contribution in [2.45, 2.75) is 13.8 Å². The third-order valence-electron chi connectivity index (χ3n) is 5.95. The molecule has 3 N–H and O–H groups in total. The maximum atomic E-state index is 13.0. The molecule has 0 radical (unpaired) electrons. The lowest BCUT2D eigenvalue weighted by Gasteiger charge is -2.20. The number of carbonyl (C=O) groups excluding carboxylic acids is 1. The number of hydrogen-bond acceptors (Lipinski definition) is 8. The maximum absolute atomic E-state index is 13.0. The number of amides is 1. The van der Waals surface area contributed by atoms with Gasteiger partial charge in [0.2, 0.25) is 16.0 Å². The minimum absolute atomic E-state index is 0.0564. The average molecular weight is 584 g/mol. The molecule has 0 spiro atoms. The summed E-state index contributed by atoms with van der Waals surface area (Å²) in [6.07, 6.45) is 4.33. The van der Waals surface area contributed by atoms with Gasteiger partial charge in [0.15, 0.2) is 5.82 Å². The van der Waals surface area contributed by atoms with Crippen molar-refractivity contribution < 1.29 is 17.9 Å². The highest BCUT2D eigenvalue weighted by Crippen LogP contribution is 2.32. The Morgan fingerprint density at radius 2 is 1.75 bits per heavy atom. The summed E-state index contributed by atoms with van der Waals surface area (Å²) in [5, 5.41) is 6.43. The summed E-state index contributed by atoms with van der Waals surface area (Å²) in [7, 11) is -1.95. The molecule has 0 saturated heterocycles. The first-order chi connectivity index (χ1) is 19.1. The van der Waals surface area contributed by atoms with Crippen molar-refractivity contribution >= 4 is 56.4 Å². The largest absolute Gasteiger partial charge is 0.494 e. The van der Waals surface area contributed by atoms with Crippen molar-refractivity contribution in [3.05, 3.63) is 77.7 Å². The molecule has 13 heteroatoms. The van der Waals surface area contributed by atoms with E-state index < -0.39 is 10.0 Å². The number of nitrogens with zero attached hydrogens (tertiary/aromatic N) is 4. The molecule has 0 atom stereocenters. The van der Waals surface area contributed by atoms with Crippen LogP contribution in [-0.4, -0.2) is 60.2 Å². The molecule has 1 amide bonds. The fraction of sp³-hybridized carbons (Fsp3) is 0.222. The Morgan fingerprint density at radius 3 is 2.42 bits per heavy atom. The Bertz CT molecular complexity index is 1620. The van der Waals surface area contributed by atoms with E-state index in [1.54, 1.807) is 48.4 Å². The average Bonchev–Trinajstić information content (AvgIpc) is 3.42. The Balaban J connectivity index is 1.60. The second kappa shape index (κ2) is 12.3. The van der Waals surface area contributed by atoms with E-state index in [9.17, 15) is 13.2 Å². The highest BCUT2D eigenvalue weighted by Gasteiger charge is 2.18. The molecule has 0 aliphatic heterocycles. The lowest BCUT2D eigenvalue weighted by atomic mass is 10.2. The van der Waals surface area contributed by atoms with E-state index in [0.29, 0.717) is 41.6 Å². The van der Waals surface area contributed by atoms with Gasteiger partial charge in [0.25, 0.3) is 5.91 Å². The fourth-order valence-corrected chi connectivity index (χ4v) is 4.75. The number of sulfonamides is 1. The summed E-state index contributed by atoms with van der Waals surface area (Å²) in [5.41, 5.74) is 2.69. The molecule has 0 bridgehead atoms. The van der Waals surface area contributed by atoms with Crippen LogP contribution in [0.4, 0.5) is 28.8 Å². The van der Waals surface area contributed by atoms with E-state index in [-0.39, 0.29) is 22.7 Å². The van der Waals surface area contributed by atoms with Gasteiger partial charge in [0.05, 0.1) is 36.6 Å². The first kappa shape index (κ1) is 28.7. The molecule has 0 aliphatic rings. The lowest BCUT2D eigenvalue weighted by Crippen LogP contribution is -2.31. The minimum atomic E-state index is -3.50. The van der Waals surface area contributed by atoms with Gasteiger partial charge < -0.3 is 24.8 Å². The molecule has 2 heterocycles. The molecule has 11 nitrogen and oxygen atoms in total. The van der Waals surface area contributed by atoms with E-state index in [0.717, 1.165) is 11.9 Å². The fourth-order valence-electron chi connectivity index (χ4n) is 4.03. The Kier molecular flexibility index (Phi) is 8.80. The first-order valence-electron chi connectivity index (χ1n) is 12.4. The zero-order valence-electron chi connectivity index (χ0n) is 22.5. The van der Waals surface area contributed by atoms with E-state index in [1.807, 2.05) is 42.8 Å². The van der Waals surface area contributed by atoms with Crippen LogP contribution in [0, 0.1) is 0 Å². The zero-order valence-corrected chi connectivity index (χ0v) is 24.0. The Morgan fingerprint density at radius 1 is 1.02 bits per heavy atom. The van der Waals surface area contributed by atoms with Crippen LogP contribution < -0.4 is 20.1 Å². The predicted octanol–water partition coefficient (Wildman–Crippen LogP) is 5.27. The molecule has 0 fully saturated rings. The summed E-state index contributed by atoms with van der Waals surface area (Å²) >= 11 is 6.34. The van der Waals surface area contributed by atoms with Crippen molar-refractivity contribution in [2.24, 2.45) is 0 Å². The monoisotopic (exact) mass is 583 g/mol. The number of hydrogen-bond donors (Lipinski definition) is 3. The van der Waals surface area contributed by atoms with Crippen molar-refractivity contribution in [3.8, 4) is 11.4 Å². The molecule has 2 aromatic heterocycles. The van der Waals surface area contributed by atoms with Crippen LogP contribution in [-0.2, 0) is 10.0 Å². The number of halogens is 1. The number of para-hydroxylation sites is 2. The molecular weight excluding hydrogens is 554 g/mol. The number of anilines is 5. The van der Waals surface area contributed by atoms with Crippen molar-refractivity contribution in [3.63, 3.8) is 0 Å². The van der Waals surface area contributed by atoms with E-state index in [1.165, 1.54) is 6.20 Å². The summed E-state index contributed by atoms with van der Waals surface area (Å²) in [6, 6.07) is 15.9. The van der Waals surface area contributed by atoms with Gasteiger partial charge in [-0.3, -0.25) is 9.52 Å². The normalized spacial score (nSPS) is 11.1. The lowest BCUT2D eigenvalue weighted by molar-refractivity contribution is 0.0765. The van der Waals surface area contributed by atoms with Gasteiger partial charge in [0.1, 0.15) is 16.5 Å². The number of aromatic nitrogens is 3. The summed E-state index contributed by atoms with van der Waals surface area (Å²) < 4.78 is 33.4. The highest BCUT2D eigenvalue weighted by atomic mass is 35.5. The van der Waals surface area contributed by atoms with E-state index in [4.69, 9.17) is 16.3 Å². The molecule has 0 saturated carbocycles. The Labute approximate surface area is 238 Å². The van der Waals surface area contributed by atoms with Crippen molar-refractivity contribution in [1.29, 1.82) is 0 Å². The van der Waals surface area contributed by atoms with Crippen molar-refractivity contribution in [1.82, 2.24) is 19.4 Å². The van der Waals surface area contributed by atoms with Crippen LogP contribution >= 0.6 is 11.6 Å². The summed E-state index contributed by atoms with van der Waals surface area (Å²) in [6.45, 7) is 5.13. The number of ether oxygens (including phenoxy) is 1. The number of rotatable bonds is 11. The van der Waals surface area contributed by atoms with Crippen LogP contribution in [0.3, 0.4) is 0 Å². The van der Waals surface area contributed by atoms with Gasteiger partial charge in [-0.1, -0.05) is 23.7 Å². The number of methoxy groups -OCH3 is 1. The molecule has 4 rings (SSSR count). The zero-order chi connectivity index (χ0) is 28.9. The number of carbonyl (C=O) groups is 1. The number of benzene rings is 2. The third kappa shape index (κ3) is 6.64. The standard InChI is InChI=1S/C27H30ClN7O4S/c1-5-34(6-2)26(36)23-12-9-15-35(23)18-13-14-22(24(16-18)39-3)31-27-29-17-19(28)25(32-27)30-20-10-7-8-11-21(20)33-40(4,37)38/h7-17,33H,5-6H2,1-4H3,(H2,29,30,31,32). The van der Waals surface area contributed by atoms with Crippen LogP contribution in [0.5, 0.6) is 5.75 Å². The van der Waals surface area contributed by atoms with Gasteiger partial charge in [-0.05, 0) is 50.2 Å². The molecule has 40 heavy (non-hydrogen) atoms. The van der Waals surface area contributed by atoms with Crippen LogP contribution in [0.1, 0.15) is 24.3 Å². The second-order valence-corrected chi connectivity index (χ2v) is 10.8. The Hall–Kier alpha value is -4.29. The molecular formula is C27H30ClN7O4S. The molecule has 0 unspecified atom stereocenters. The summed E-state index contributed by atoms with van der Waals surface area (Å²) in [4.78, 5) is 23.5. The molecule has 4 aromatic rings. The highest BCUT2D eigenvalue weighted by molar-refractivity contribution is 7.92. The summed E-state index contributed by atoms with van der Waals surface area (Å²) in [5.74, 6) is 0.941. The number of nitrogens with one attached hydrogen (secondary N) is 3. The second-order valence-electron chi connectivity index (χ2n) is 8.69. The van der Waals surface area contributed by atoms with Gasteiger partial charge in [0, 0.05) is 31.0 Å². The molecule has 0 aliphatic carbocycles. The molecule has 2 aromatic carbocycles. The third-order valence-corrected chi connectivity index (χ3v) is 6.82. The van der Waals surface area contributed by atoms with E-state index >= 15 is 0 Å². The van der Waals surface area contributed by atoms with Gasteiger partial charge >= 0.3 is 0 Å². The van der Waals surface area contributed by atoms with Crippen LogP contribution in [0.15, 0.2) is 67.0 Å². The molecule has 210 valence electrons. The van der Waals surface area contributed by atoms with Crippen molar-refractivity contribution in [2.75, 3.05) is 41.8 Å². The topological polar surface area (TPSA) is 130 Å². The SMILES string of the molecule is CCN(CC)C(=O)c1cccn1-c1ccc(Nc2ncc(Cl)c(Nc3ccccc3NS(C)(=O)=O)n2)c(OC)c1. The smallest absolute Gasteiger partial charge is 0.270 e. The quantitative estimate of drug-likeness (QED) is 0.218. The van der Waals surface area contributed by atoms with Gasteiger partial charge in [-0.15, -0.1) is 0 Å². The van der Waals surface area contributed by atoms with Gasteiger partial charge in [-0.2, -0.15) is 4.98 Å². The first-order valence-corrected chi connectivity index (χ1v) is 14.7. The van der Waals surface area contributed by atoms with E-state index in [2.05, 4.69) is 25.3 Å². The maximum Gasteiger partial charge on any atom is 0.270 e. The predicted molar refractivity (Wildman–Crippen MR) is 158 cm³/mol. The van der Waals surface area contributed by atoms with Crippen LogP contribution in [0.2, 0.25) is 5.02 Å². The van der Waals surface area contributed by atoms with Crippen LogP contribution in [0.25, 0.3) is 5.69 Å².